The van der Waals surface area contributed by atoms with Crippen LogP contribution in [0.5, 0.6) is 0 Å². The third-order valence-corrected chi connectivity index (χ3v) is 11.1. The van der Waals surface area contributed by atoms with Crippen molar-refractivity contribution in [3.8, 4) is 28.3 Å². The fraction of sp³-hybridized carbons (Fsp3) is 0. The van der Waals surface area contributed by atoms with Crippen molar-refractivity contribution in [3.63, 3.8) is 0 Å². The first-order valence-electron chi connectivity index (χ1n) is 18.3. The zero-order valence-corrected chi connectivity index (χ0v) is 29.0. The zero-order valence-electron chi connectivity index (χ0n) is 29.0. The summed E-state index contributed by atoms with van der Waals surface area (Å²) in [6.45, 7) is 0. The molecule has 54 heavy (non-hydrogen) atoms. The molecule has 4 nitrogen and oxygen atoms in total. The van der Waals surface area contributed by atoms with Gasteiger partial charge in [-0.3, -0.25) is 4.57 Å². The van der Waals surface area contributed by atoms with Gasteiger partial charge in [-0.1, -0.05) is 133 Å². The summed E-state index contributed by atoms with van der Waals surface area (Å²) in [4.78, 5) is 10.8. The molecule has 0 atom stereocenters. The van der Waals surface area contributed by atoms with Crippen molar-refractivity contribution in [1.82, 2.24) is 14.5 Å². The lowest BCUT2D eigenvalue weighted by Gasteiger charge is -2.13. The van der Waals surface area contributed by atoms with E-state index in [1.807, 2.05) is 0 Å². The van der Waals surface area contributed by atoms with Gasteiger partial charge in [-0.15, -0.1) is 0 Å². The predicted molar refractivity (Wildman–Crippen MR) is 225 cm³/mol. The van der Waals surface area contributed by atoms with Gasteiger partial charge < -0.3 is 4.42 Å². The Morgan fingerprint density at radius 3 is 1.69 bits per heavy atom. The van der Waals surface area contributed by atoms with Gasteiger partial charge in [-0.25, -0.2) is 9.97 Å². The molecule has 0 aliphatic rings. The van der Waals surface area contributed by atoms with Crippen LogP contribution in [0, 0.1) is 0 Å². The van der Waals surface area contributed by atoms with E-state index in [0.29, 0.717) is 5.95 Å². The third kappa shape index (κ3) is 4.19. The molecule has 0 amide bonds. The number of hydrogen-bond donors (Lipinski definition) is 0. The standard InChI is InChI=1S/C50H29N3O/c1-2-12-30(13-3-1)39-27-35(29-45-46(39)40-26-33-16-4-5-17-34(33)28-44(40)54-45)49-38-20-10-11-21-41(38)51-50(52-49)53-42-24-22-31-14-6-8-18-36(31)47(42)48-37-19-9-7-15-32(37)23-25-43(48)53/h1-29H. The molecule has 0 bridgehead atoms. The molecule has 250 valence electrons. The monoisotopic (exact) mass is 687 g/mol. The first kappa shape index (κ1) is 29.3. The molecule has 0 N–H and O–H groups in total. The molecule has 0 radical (unpaired) electrons. The van der Waals surface area contributed by atoms with Crippen molar-refractivity contribution in [2.24, 2.45) is 0 Å². The second-order valence-electron chi connectivity index (χ2n) is 14.1. The van der Waals surface area contributed by atoms with Crippen molar-refractivity contribution in [1.29, 1.82) is 0 Å². The Labute approximate surface area is 309 Å². The molecule has 0 saturated heterocycles. The topological polar surface area (TPSA) is 43.9 Å². The van der Waals surface area contributed by atoms with E-state index in [9.17, 15) is 0 Å². The Hall–Kier alpha value is -7.30. The van der Waals surface area contributed by atoms with Crippen LogP contribution in [0.4, 0.5) is 0 Å². The van der Waals surface area contributed by atoms with Gasteiger partial charge in [-0.05, 0) is 85.9 Å². The van der Waals surface area contributed by atoms with Crippen LogP contribution in [0.1, 0.15) is 0 Å². The Morgan fingerprint density at radius 1 is 0.389 bits per heavy atom. The van der Waals surface area contributed by atoms with Crippen molar-refractivity contribution in [2.75, 3.05) is 0 Å². The minimum atomic E-state index is 0.631. The van der Waals surface area contributed by atoms with E-state index in [0.717, 1.165) is 71.6 Å². The van der Waals surface area contributed by atoms with Gasteiger partial charge in [-0.2, -0.15) is 0 Å². The van der Waals surface area contributed by atoms with Crippen molar-refractivity contribution in [3.05, 3.63) is 176 Å². The third-order valence-electron chi connectivity index (χ3n) is 11.1. The normalized spacial score (nSPS) is 12.1. The van der Waals surface area contributed by atoms with E-state index in [1.165, 1.54) is 37.7 Å². The zero-order chi connectivity index (χ0) is 35.3. The Bertz CT molecular complexity index is 3410. The van der Waals surface area contributed by atoms with Crippen LogP contribution in [-0.4, -0.2) is 14.5 Å². The van der Waals surface area contributed by atoms with Gasteiger partial charge in [0.25, 0.3) is 0 Å². The highest BCUT2D eigenvalue weighted by molar-refractivity contribution is 6.28. The number of furan rings is 1. The highest BCUT2D eigenvalue weighted by Crippen LogP contribution is 2.44. The van der Waals surface area contributed by atoms with Crippen LogP contribution in [0.2, 0.25) is 0 Å². The van der Waals surface area contributed by atoms with Crippen molar-refractivity contribution < 1.29 is 4.42 Å². The Balaban J connectivity index is 1.19. The average molecular weight is 688 g/mol. The number of fused-ring (bicyclic) bond motifs is 12. The second-order valence-corrected chi connectivity index (χ2v) is 14.1. The molecule has 9 aromatic carbocycles. The van der Waals surface area contributed by atoms with E-state index in [4.69, 9.17) is 14.4 Å². The van der Waals surface area contributed by atoms with Crippen LogP contribution in [-0.2, 0) is 0 Å². The SMILES string of the molecule is c1ccc(-c2cc(-c3nc(-n4c5ccc6ccccc6c5c5c6ccccc6ccc54)nc4ccccc34)cc3oc4cc5ccccc5cc4c23)cc1. The Kier molecular flexibility index (Phi) is 6.02. The Morgan fingerprint density at radius 2 is 0.981 bits per heavy atom. The molecule has 0 aliphatic carbocycles. The van der Waals surface area contributed by atoms with Crippen LogP contribution < -0.4 is 0 Å². The first-order chi connectivity index (χ1) is 26.8. The van der Waals surface area contributed by atoms with Crippen LogP contribution >= 0.6 is 0 Å². The fourth-order valence-corrected chi connectivity index (χ4v) is 8.72. The number of aromatic nitrogens is 3. The maximum atomic E-state index is 6.75. The summed E-state index contributed by atoms with van der Waals surface area (Å²) < 4.78 is 9.00. The van der Waals surface area contributed by atoms with Gasteiger partial charge in [0.2, 0.25) is 5.95 Å². The molecule has 0 unspecified atom stereocenters. The molecule has 12 rings (SSSR count). The summed E-state index contributed by atoms with van der Waals surface area (Å²) in [6.07, 6.45) is 0. The molecular formula is C50H29N3O. The highest BCUT2D eigenvalue weighted by Gasteiger charge is 2.22. The number of hydrogen-bond acceptors (Lipinski definition) is 3. The molecule has 3 heterocycles. The summed E-state index contributed by atoms with van der Waals surface area (Å²) in [5.41, 5.74) is 8.80. The summed E-state index contributed by atoms with van der Waals surface area (Å²) in [6, 6.07) is 62.5. The molecule has 0 saturated carbocycles. The summed E-state index contributed by atoms with van der Waals surface area (Å²) in [5, 5.41) is 12.8. The summed E-state index contributed by atoms with van der Waals surface area (Å²) in [7, 11) is 0. The van der Waals surface area contributed by atoms with Crippen LogP contribution in [0.3, 0.4) is 0 Å². The average Bonchev–Trinajstić information content (AvgIpc) is 3.78. The number of rotatable bonds is 3. The molecule has 0 fully saturated rings. The number of benzene rings is 9. The lowest BCUT2D eigenvalue weighted by atomic mass is 9.94. The van der Waals surface area contributed by atoms with E-state index >= 15 is 0 Å². The van der Waals surface area contributed by atoms with Crippen LogP contribution in [0.15, 0.2) is 180 Å². The maximum Gasteiger partial charge on any atom is 0.235 e. The number of nitrogens with zero attached hydrogens (tertiary/aromatic N) is 3. The molecular weight excluding hydrogens is 659 g/mol. The van der Waals surface area contributed by atoms with Gasteiger partial charge in [0.15, 0.2) is 0 Å². The van der Waals surface area contributed by atoms with Gasteiger partial charge in [0.05, 0.1) is 22.2 Å². The van der Waals surface area contributed by atoms with Gasteiger partial charge in [0, 0.05) is 32.5 Å². The molecule has 0 spiro atoms. The van der Waals surface area contributed by atoms with E-state index < -0.39 is 0 Å². The van der Waals surface area contributed by atoms with Crippen molar-refractivity contribution >= 4 is 87.0 Å². The smallest absolute Gasteiger partial charge is 0.235 e. The minimum absolute atomic E-state index is 0.631. The first-order valence-corrected chi connectivity index (χ1v) is 18.3. The van der Waals surface area contributed by atoms with Crippen molar-refractivity contribution in [2.45, 2.75) is 0 Å². The van der Waals surface area contributed by atoms with E-state index in [-0.39, 0.29) is 0 Å². The quantitative estimate of drug-likeness (QED) is 0.186. The van der Waals surface area contributed by atoms with Gasteiger partial charge >= 0.3 is 0 Å². The summed E-state index contributed by atoms with van der Waals surface area (Å²) in [5.74, 6) is 0.631. The fourth-order valence-electron chi connectivity index (χ4n) is 8.72. The molecule has 3 aromatic heterocycles. The molecule has 0 aliphatic heterocycles. The largest absolute Gasteiger partial charge is 0.456 e. The molecule has 12 aromatic rings. The highest BCUT2D eigenvalue weighted by atomic mass is 16.3. The minimum Gasteiger partial charge on any atom is -0.456 e. The summed E-state index contributed by atoms with van der Waals surface area (Å²) >= 11 is 0. The van der Waals surface area contributed by atoms with E-state index in [1.54, 1.807) is 0 Å². The lowest BCUT2D eigenvalue weighted by Crippen LogP contribution is -2.03. The van der Waals surface area contributed by atoms with E-state index in [2.05, 4.69) is 180 Å². The predicted octanol–water partition coefficient (Wildman–Crippen LogP) is 13.4. The molecule has 4 heteroatoms. The number of para-hydroxylation sites is 1. The van der Waals surface area contributed by atoms with Gasteiger partial charge in [0.1, 0.15) is 11.2 Å². The van der Waals surface area contributed by atoms with Crippen LogP contribution in [0.25, 0.3) is 115 Å². The lowest BCUT2D eigenvalue weighted by molar-refractivity contribution is 0.669. The second kappa shape index (κ2) is 11.1. The maximum absolute atomic E-state index is 6.75.